The van der Waals surface area contributed by atoms with Gasteiger partial charge in [0.1, 0.15) is 6.33 Å². The van der Waals surface area contributed by atoms with E-state index in [2.05, 4.69) is 10.2 Å². The summed E-state index contributed by atoms with van der Waals surface area (Å²) in [5, 5.41) is 16.8. The van der Waals surface area contributed by atoms with Crippen molar-refractivity contribution in [3.63, 3.8) is 0 Å². The predicted octanol–water partition coefficient (Wildman–Crippen LogP) is 0.385. The van der Waals surface area contributed by atoms with E-state index >= 15 is 0 Å². The molecule has 0 bridgehead atoms. The van der Waals surface area contributed by atoms with Crippen molar-refractivity contribution in [2.24, 2.45) is 5.73 Å². The molecule has 1 aliphatic rings. The normalized spacial score (nSPS) is 20.1. The van der Waals surface area contributed by atoms with Gasteiger partial charge in [-0.2, -0.15) is 0 Å². The Labute approximate surface area is 82.9 Å². The number of aromatic nitrogens is 3. The minimum atomic E-state index is -0.405. The van der Waals surface area contributed by atoms with Crippen molar-refractivity contribution in [2.45, 2.75) is 37.8 Å². The Morgan fingerprint density at radius 1 is 1.57 bits per heavy atom. The number of rotatable bonds is 3. The van der Waals surface area contributed by atoms with Crippen LogP contribution in [0.2, 0.25) is 0 Å². The van der Waals surface area contributed by atoms with Gasteiger partial charge < -0.3 is 15.4 Å². The van der Waals surface area contributed by atoms with Gasteiger partial charge in [0.2, 0.25) is 0 Å². The zero-order valence-electron chi connectivity index (χ0n) is 8.13. The molecule has 5 heteroatoms. The monoisotopic (exact) mass is 196 g/mol. The lowest BCUT2D eigenvalue weighted by Crippen LogP contribution is -2.21. The van der Waals surface area contributed by atoms with E-state index < -0.39 is 6.04 Å². The number of aliphatic hydroxyl groups is 1. The summed E-state index contributed by atoms with van der Waals surface area (Å²) in [7, 11) is 0. The summed E-state index contributed by atoms with van der Waals surface area (Å²) in [6.45, 7) is -0.0780. The van der Waals surface area contributed by atoms with E-state index in [-0.39, 0.29) is 6.61 Å². The number of nitrogens with two attached hydrogens (primary N) is 1. The first-order valence-electron chi connectivity index (χ1n) is 5.08. The molecule has 1 fully saturated rings. The quantitative estimate of drug-likeness (QED) is 0.733. The average molecular weight is 196 g/mol. The Kier molecular flexibility index (Phi) is 2.79. The lowest BCUT2D eigenvalue weighted by molar-refractivity contribution is 0.258. The fourth-order valence-corrected chi connectivity index (χ4v) is 2.06. The van der Waals surface area contributed by atoms with Crippen LogP contribution in [0.5, 0.6) is 0 Å². The zero-order valence-corrected chi connectivity index (χ0v) is 8.13. The van der Waals surface area contributed by atoms with Gasteiger partial charge in [0.15, 0.2) is 5.82 Å². The van der Waals surface area contributed by atoms with Crippen molar-refractivity contribution in [1.82, 2.24) is 14.8 Å². The number of nitrogens with zero attached hydrogens (tertiary/aromatic N) is 3. The van der Waals surface area contributed by atoms with E-state index in [0.29, 0.717) is 11.9 Å². The van der Waals surface area contributed by atoms with Gasteiger partial charge in [0, 0.05) is 6.04 Å². The van der Waals surface area contributed by atoms with Crippen LogP contribution in [0.1, 0.15) is 43.6 Å². The van der Waals surface area contributed by atoms with Gasteiger partial charge >= 0.3 is 0 Å². The largest absolute Gasteiger partial charge is 0.394 e. The van der Waals surface area contributed by atoms with Crippen molar-refractivity contribution in [1.29, 1.82) is 0 Å². The maximum absolute atomic E-state index is 8.97. The molecule has 3 N–H and O–H groups in total. The van der Waals surface area contributed by atoms with Crippen LogP contribution in [0.25, 0.3) is 0 Å². The van der Waals surface area contributed by atoms with Crippen LogP contribution in [0.15, 0.2) is 6.33 Å². The molecule has 0 aromatic carbocycles. The topological polar surface area (TPSA) is 77.0 Å². The van der Waals surface area contributed by atoms with Crippen LogP contribution in [0.3, 0.4) is 0 Å². The molecule has 1 aromatic heterocycles. The smallest absolute Gasteiger partial charge is 0.152 e. The van der Waals surface area contributed by atoms with Crippen LogP contribution >= 0.6 is 0 Å². The minimum absolute atomic E-state index is 0.0780. The highest BCUT2D eigenvalue weighted by atomic mass is 16.3. The highest BCUT2D eigenvalue weighted by Crippen LogP contribution is 2.30. The minimum Gasteiger partial charge on any atom is -0.394 e. The van der Waals surface area contributed by atoms with Gasteiger partial charge in [0.05, 0.1) is 12.6 Å². The molecule has 0 spiro atoms. The Morgan fingerprint density at radius 3 is 2.93 bits per heavy atom. The Morgan fingerprint density at radius 2 is 2.29 bits per heavy atom. The van der Waals surface area contributed by atoms with E-state index in [1.807, 2.05) is 4.57 Å². The fraction of sp³-hybridized carbons (Fsp3) is 0.778. The molecule has 1 atom stereocenters. The third-order valence-corrected chi connectivity index (χ3v) is 2.85. The van der Waals surface area contributed by atoms with Crippen LogP contribution < -0.4 is 5.73 Å². The van der Waals surface area contributed by atoms with Gasteiger partial charge in [-0.1, -0.05) is 12.8 Å². The van der Waals surface area contributed by atoms with E-state index in [1.54, 1.807) is 6.33 Å². The molecule has 1 heterocycles. The molecule has 0 aliphatic heterocycles. The van der Waals surface area contributed by atoms with Gasteiger partial charge in [-0.25, -0.2) is 0 Å². The summed E-state index contributed by atoms with van der Waals surface area (Å²) in [6.07, 6.45) is 6.58. The highest BCUT2D eigenvalue weighted by molar-refractivity contribution is 4.97. The summed E-state index contributed by atoms with van der Waals surface area (Å²) >= 11 is 0. The molecule has 0 saturated heterocycles. The van der Waals surface area contributed by atoms with E-state index in [9.17, 15) is 0 Å². The molecule has 78 valence electrons. The second-order valence-corrected chi connectivity index (χ2v) is 3.82. The molecule has 1 aromatic rings. The standard InChI is InChI=1S/C9H16N4O/c10-8(5-14)9-12-11-6-13(9)7-3-1-2-4-7/h6-8,14H,1-5,10H2/t8-/m1/s1. The van der Waals surface area contributed by atoms with Gasteiger partial charge in [0.25, 0.3) is 0 Å². The van der Waals surface area contributed by atoms with E-state index in [4.69, 9.17) is 10.8 Å². The third kappa shape index (κ3) is 1.65. The Hall–Kier alpha value is -0.940. The molecule has 0 unspecified atom stereocenters. The van der Waals surface area contributed by atoms with E-state index in [0.717, 1.165) is 0 Å². The first-order chi connectivity index (χ1) is 6.83. The van der Waals surface area contributed by atoms with Gasteiger partial charge in [-0.3, -0.25) is 0 Å². The Bertz CT molecular complexity index is 293. The predicted molar refractivity (Wildman–Crippen MR) is 51.5 cm³/mol. The molecular weight excluding hydrogens is 180 g/mol. The Balaban J connectivity index is 2.19. The van der Waals surface area contributed by atoms with Crippen molar-refractivity contribution in [2.75, 3.05) is 6.61 Å². The van der Waals surface area contributed by atoms with Crippen LogP contribution in [-0.4, -0.2) is 26.5 Å². The summed E-state index contributed by atoms with van der Waals surface area (Å²) in [5.74, 6) is 0.708. The van der Waals surface area contributed by atoms with Crippen molar-refractivity contribution in [3.05, 3.63) is 12.2 Å². The summed E-state index contributed by atoms with van der Waals surface area (Å²) < 4.78 is 2.02. The molecular formula is C9H16N4O. The fourth-order valence-electron chi connectivity index (χ4n) is 2.06. The first kappa shape index (κ1) is 9.61. The summed E-state index contributed by atoms with van der Waals surface area (Å²) in [6, 6.07) is 0.0794. The zero-order chi connectivity index (χ0) is 9.97. The summed E-state index contributed by atoms with van der Waals surface area (Å²) in [5.41, 5.74) is 5.73. The molecule has 5 nitrogen and oxygen atoms in total. The molecule has 1 saturated carbocycles. The lowest BCUT2D eigenvalue weighted by atomic mass is 10.2. The maximum Gasteiger partial charge on any atom is 0.152 e. The maximum atomic E-state index is 8.97. The number of aliphatic hydroxyl groups excluding tert-OH is 1. The highest BCUT2D eigenvalue weighted by Gasteiger charge is 2.22. The van der Waals surface area contributed by atoms with Gasteiger partial charge in [-0.15, -0.1) is 10.2 Å². The van der Waals surface area contributed by atoms with Crippen molar-refractivity contribution in [3.8, 4) is 0 Å². The summed E-state index contributed by atoms with van der Waals surface area (Å²) in [4.78, 5) is 0. The van der Waals surface area contributed by atoms with Crippen LogP contribution in [-0.2, 0) is 0 Å². The average Bonchev–Trinajstić information content (AvgIpc) is 2.85. The number of hydrogen-bond acceptors (Lipinski definition) is 4. The van der Waals surface area contributed by atoms with Gasteiger partial charge in [-0.05, 0) is 12.8 Å². The van der Waals surface area contributed by atoms with Crippen LogP contribution in [0.4, 0.5) is 0 Å². The lowest BCUT2D eigenvalue weighted by Gasteiger charge is -2.16. The van der Waals surface area contributed by atoms with Crippen molar-refractivity contribution < 1.29 is 5.11 Å². The van der Waals surface area contributed by atoms with E-state index in [1.165, 1.54) is 25.7 Å². The third-order valence-electron chi connectivity index (χ3n) is 2.85. The molecule has 14 heavy (non-hydrogen) atoms. The van der Waals surface area contributed by atoms with Crippen LogP contribution in [0, 0.1) is 0 Å². The second kappa shape index (κ2) is 4.06. The molecule has 1 aliphatic carbocycles. The van der Waals surface area contributed by atoms with Crippen molar-refractivity contribution >= 4 is 0 Å². The second-order valence-electron chi connectivity index (χ2n) is 3.82. The number of hydrogen-bond donors (Lipinski definition) is 2. The SMILES string of the molecule is N[C@H](CO)c1nncn1C1CCCC1. The molecule has 0 amide bonds. The molecule has 0 radical (unpaired) electrons. The first-order valence-corrected chi connectivity index (χ1v) is 5.08. The molecule has 2 rings (SSSR count).